The SMILES string of the molecule is Cc1nn(CC(F)(F)F)c(C)c1CC(=O)N(C)C[C@@H]1CCCCO1. The van der Waals surface area contributed by atoms with Crippen molar-refractivity contribution in [3.05, 3.63) is 17.0 Å². The third-order valence-corrected chi connectivity index (χ3v) is 4.37. The monoisotopic (exact) mass is 347 g/mol. The van der Waals surface area contributed by atoms with Crippen molar-refractivity contribution in [1.82, 2.24) is 14.7 Å². The molecule has 5 nitrogen and oxygen atoms in total. The number of halogens is 3. The Balaban J connectivity index is 2.00. The van der Waals surface area contributed by atoms with Gasteiger partial charge in [0.25, 0.3) is 0 Å². The quantitative estimate of drug-likeness (QED) is 0.823. The standard InChI is InChI=1S/C16H24F3N3O2/c1-11-14(12(2)22(20-11)10-16(17,18)19)8-15(23)21(3)9-13-6-4-5-7-24-13/h13H,4-10H2,1-3H3/t13-/m0/s1. The number of aromatic nitrogens is 2. The van der Waals surface area contributed by atoms with Crippen molar-refractivity contribution in [2.75, 3.05) is 20.2 Å². The van der Waals surface area contributed by atoms with Crippen molar-refractivity contribution >= 4 is 5.91 Å². The minimum Gasteiger partial charge on any atom is -0.376 e. The second kappa shape index (κ2) is 7.55. The van der Waals surface area contributed by atoms with Crippen LogP contribution in [0.2, 0.25) is 0 Å². The van der Waals surface area contributed by atoms with Crippen LogP contribution in [0, 0.1) is 13.8 Å². The van der Waals surface area contributed by atoms with Crippen molar-refractivity contribution in [3.8, 4) is 0 Å². The van der Waals surface area contributed by atoms with Crippen LogP contribution < -0.4 is 0 Å². The maximum Gasteiger partial charge on any atom is 0.408 e. The summed E-state index contributed by atoms with van der Waals surface area (Å²) in [4.78, 5) is 14.0. The zero-order valence-corrected chi connectivity index (χ0v) is 14.3. The van der Waals surface area contributed by atoms with Gasteiger partial charge in [-0.25, -0.2) is 0 Å². The zero-order valence-electron chi connectivity index (χ0n) is 14.3. The Bertz CT molecular complexity index is 578. The molecule has 8 heteroatoms. The number of hydrogen-bond acceptors (Lipinski definition) is 3. The molecule has 24 heavy (non-hydrogen) atoms. The molecule has 0 unspecified atom stereocenters. The van der Waals surface area contributed by atoms with E-state index in [4.69, 9.17) is 4.74 Å². The van der Waals surface area contributed by atoms with Crippen molar-refractivity contribution in [1.29, 1.82) is 0 Å². The first kappa shape index (κ1) is 18.8. The molecular weight excluding hydrogens is 323 g/mol. The number of rotatable bonds is 5. The summed E-state index contributed by atoms with van der Waals surface area (Å²) < 4.78 is 44.2. The fourth-order valence-corrected chi connectivity index (χ4v) is 2.96. The van der Waals surface area contributed by atoms with E-state index >= 15 is 0 Å². The molecule has 2 rings (SSSR count). The van der Waals surface area contributed by atoms with E-state index in [0.29, 0.717) is 23.5 Å². The molecule has 0 saturated carbocycles. The van der Waals surface area contributed by atoms with Crippen LogP contribution in [0.3, 0.4) is 0 Å². The van der Waals surface area contributed by atoms with Crippen LogP contribution in [0.5, 0.6) is 0 Å². The smallest absolute Gasteiger partial charge is 0.376 e. The third kappa shape index (κ3) is 4.96. The van der Waals surface area contributed by atoms with Crippen molar-refractivity contribution in [2.45, 2.75) is 58.4 Å². The second-order valence-corrected chi connectivity index (χ2v) is 6.36. The third-order valence-electron chi connectivity index (χ3n) is 4.37. The Morgan fingerprint density at radius 3 is 2.67 bits per heavy atom. The second-order valence-electron chi connectivity index (χ2n) is 6.36. The molecule has 1 aromatic heterocycles. The Morgan fingerprint density at radius 1 is 1.38 bits per heavy atom. The van der Waals surface area contributed by atoms with Gasteiger partial charge in [0, 0.05) is 31.5 Å². The summed E-state index contributed by atoms with van der Waals surface area (Å²) in [6.45, 7) is 3.29. The topological polar surface area (TPSA) is 47.4 Å². The molecule has 0 radical (unpaired) electrons. The lowest BCUT2D eigenvalue weighted by atomic mass is 10.1. The first-order chi connectivity index (χ1) is 11.2. The fourth-order valence-electron chi connectivity index (χ4n) is 2.96. The molecule has 0 aromatic carbocycles. The van der Waals surface area contributed by atoms with Gasteiger partial charge in [-0.2, -0.15) is 18.3 Å². The Kier molecular flexibility index (Phi) is 5.90. The maximum atomic E-state index is 12.6. The van der Waals surface area contributed by atoms with Crippen LogP contribution in [0.4, 0.5) is 13.2 Å². The number of hydrogen-bond donors (Lipinski definition) is 0. The first-order valence-electron chi connectivity index (χ1n) is 8.12. The van der Waals surface area contributed by atoms with Gasteiger partial charge < -0.3 is 9.64 Å². The Labute approximate surface area is 139 Å². The molecule has 1 saturated heterocycles. The van der Waals surface area contributed by atoms with Gasteiger partial charge in [-0.1, -0.05) is 0 Å². The molecule has 1 amide bonds. The predicted octanol–water partition coefficient (Wildman–Crippen LogP) is 2.63. The highest BCUT2D eigenvalue weighted by atomic mass is 19.4. The van der Waals surface area contributed by atoms with Crippen LogP contribution in [-0.4, -0.2) is 53.1 Å². The van der Waals surface area contributed by atoms with Crippen LogP contribution in [-0.2, 0) is 22.5 Å². The van der Waals surface area contributed by atoms with E-state index in [2.05, 4.69) is 5.10 Å². The number of alkyl halides is 3. The summed E-state index contributed by atoms with van der Waals surface area (Å²) >= 11 is 0. The number of aryl methyl sites for hydroxylation is 1. The first-order valence-corrected chi connectivity index (χ1v) is 8.12. The summed E-state index contributed by atoms with van der Waals surface area (Å²) in [7, 11) is 1.70. The maximum absolute atomic E-state index is 12.6. The summed E-state index contributed by atoms with van der Waals surface area (Å²) in [5.41, 5.74) is 1.42. The van der Waals surface area contributed by atoms with E-state index in [1.807, 2.05) is 0 Å². The van der Waals surface area contributed by atoms with Gasteiger partial charge in [0.2, 0.25) is 5.91 Å². The van der Waals surface area contributed by atoms with Crippen molar-refractivity contribution < 1.29 is 22.7 Å². The predicted molar refractivity (Wildman–Crippen MR) is 82.7 cm³/mol. The van der Waals surface area contributed by atoms with E-state index in [1.165, 1.54) is 0 Å². The number of amides is 1. The highest BCUT2D eigenvalue weighted by Gasteiger charge is 2.30. The summed E-state index contributed by atoms with van der Waals surface area (Å²) in [5, 5.41) is 3.92. The molecule has 0 spiro atoms. The minimum atomic E-state index is -4.33. The van der Waals surface area contributed by atoms with Gasteiger partial charge in [-0.05, 0) is 33.1 Å². The van der Waals surface area contributed by atoms with Gasteiger partial charge in [0.1, 0.15) is 6.54 Å². The van der Waals surface area contributed by atoms with Gasteiger partial charge in [0.15, 0.2) is 0 Å². The lowest BCUT2D eigenvalue weighted by Gasteiger charge is -2.27. The number of carbonyl (C=O) groups is 1. The van der Waals surface area contributed by atoms with E-state index in [0.717, 1.165) is 30.6 Å². The van der Waals surface area contributed by atoms with E-state index in [9.17, 15) is 18.0 Å². The van der Waals surface area contributed by atoms with Crippen molar-refractivity contribution in [2.24, 2.45) is 0 Å². The zero-order chi connectivity index (χ0) is 17.9. The number of likely N-dealkylation sites (N-methyl/N-ethyl adjacent to an activating group) is 1. The van der Waals surface area contributed by atoms with Crippen molar-refractivity contribution in [3.63, 3.8) is 0 Å². The molecule has 0 bridgehead atoms. The van der Waals surface area contributed by atoms with Gasteiger partial charge in [-0.15, -0.1) is 0 Å². The van der Waals surface area contributed by atoms with E-state index < -0.39 is 12.7 Å². The van der Waals surface area contributed by atoms with E-state index in [-0.39, 0.29) is 18.4 Å². The largest absolute Gasteiger partial charge is 0.408 e. The number of nitrogens with zero attached hydrogens (tertiary/aromatic N) is 3. The number of ether oxygens (including phenoxy) is 1. The molecule has 1 fully saturated rings. The molecule has 0 N–H and O–H groups in total. The van der Waals surface area contributed by atoms with Gasteiger partial charge in [-0.3, -0.25) is 9.48 Å². The Hall–Kier alpha value is -1.57. The van der Waals surface area contributed by atoms with Crippen LogP contribution in [0.15, 0.2) is 0 Å². The molecule has 1 aliphatic heterocycles. The average molecular weight is 347 g/mol. The van der Waals surface area contributed by atoms with Crippen LogP contribution in [0.1, 0.15) is 36.2 Å². The lowest BCUT2D eigenvalue weighted by molar-refractivity contribution is -0.143. The van der Waals surface area contributed by atoms with Gasteiger partial charge in [0.05, 0.1) is 18.2 Å². The summed E-state index contributed by atoms with van der Waals surface area (Å²) in [6, 6.07) is 0. The molecule has 2 heterocycles. The number of carbonyl (C=O) groups excluding carboxylic acids is 1. The Morgan fingerprint density at radius 2 is 2.08 bits per heavy atom. The molecule has 1 aromatic rings. The summed E-state index contributed by atoms with van der Waals surface area (Å²) in [5.74, 6) is -0.137. The molecule has 136 valence electrons. The van der Waals surface area contributed by atoms with E-state index in [1.54, 1.807) is 25.8 Å². The van der Waals surface area contributed by atoms with Crippen LogP contribution in [0.25, 0.3) is 0 Å². The van der Waals surface area contributed by atoms with Gasteiger partial charge >= 0.3 is 6.18 Å². The molecule has 0 aliphatic carbocycles. The summed E-state index contributed by atoms with van der Waals surface area (Å²) in [6.07, 6.45) is -1.17. The lowest BCUT2D eigenvalue weighted by Crippen LogP contribution is -2.38. The normalized spacial score (nSPS) is 18.7. The molecular formula is C16H24F3N3O2. The highest BCUT2D eigenvalue weighted by molar-refractivity contribution is 5.79. The highest BCUT2D eigenvalue weighted by Crippen LogP contribution is 2.22. The average Bonchev–Trinajstić information content (AvgIpc) is 2.74. The molecule has 1 atom stereocenters. The van der Waals surface area contributed by atoms with Crippen LogP contribution >= 0.6 is 0 Å². The molecule has 1 aliphatic rings. The fraction of sp³-hybridized carbons (Fsp3) is 0.750. The minimum absolute atomic E-state index is 0.0443.